The fraction of sp³-hybridized carbons (Fsp3) is 0.643. The van der Waals surface area contributed by atoms with Crippen LogP contribution in [0.3, 0.4) is 0 Å². The molecule has 2 unspecified atom stereocenters. The van der Waals surface area contributed by atoms with Crippen molar-refractivity contribution in [2.45, 2.75) is 51.5 Å². The van der Waals surface area contributed by atoms with Gasteiger partial charge in [0, 0.05) is 6.04 Å². The molecule has 0 saturated carbocycles. The van der Waals surface area contributed by atoms with Crippen LogP contribution >= 0.6 is 11.8 Å². The molecule has 0 aliphatic rings. The van der Waals surface area contributed by atoms with Crippen molar-refractivity contribution in [3.63, 3.8) is 0 Å². The second-order valence-electron chi connectivity index (χ2n) is 5.63. The molecule has 0 aromatic carbocycles. The maximum atomic E-state index is 11.7. The summed E-state index contributed by atoms with van der Waals surface area (Å²) in [5, 5.41) is -0.0405. The van der Waals surface area contributed by atoms with Gasteiger partial charge in [-0.2, -0.15) is 0 Å². The first-order valence-corrected chi connectivity index (χ1v) is 7.39. The maximum Gasteiger partial charge on any atom is 0.316 e. The van der Waals surface area contributed by atoms with Crippen LogP contribution in [0.4, 0.5) is 0 Å². The molecule has 1 aromatic rings. The number of hydrogen-bond donors (Lipinski definition) is 1. The summed E-state index contributed by atoms with van der Waals surface area (Å²) in [6.45, 7) is 9.36. The Hall–Kier alpha value is -0.940. The Morgan fingerprint density at radius 3 is 2.53 bits per heavy atom. The van der Waals surface area contributed by atoms with Gasteiger partial charge in [-0.3, -0.25) is 4.79 Å². The van der Waals surface area contributed by atoms with Crippen LogP contribution in [0, 0.1) is 6.92 Å². The van der Waals surface area contributed by atoms with Crippen LogP contribution < -0.4 is 5.73 Å². The molecule has 0 saturated heterocycles. The van der Waals surface area contributed by atoms with Crippen molar-refractivity contribution in [1.82, 2.24) is 0 Å². The molecule has 0 bridgehead atoms. The molecule has 1 rings (SSSR count). The van der Waals surface area contributed by atoms with Crippen molar-refractivity contribution >= 4 is 17.7 Å². The highest BCUT2D eigenvalue weighted by Gasteiger charge is 2.23. The number of rotatable bonds is 5. The van der Waals surface area contributed by atoms with E-state index in [2.05, 4.69) is 0 Å². The van der Waals surface area contributed by atoms with E-state index in [0.29, 0.717) is 0 Å². The number of carbonyl (C=O) groups excluding carboxylic acids is 1. The van der Waals surface area contributed by atoms with Crippen LogP contribution in [0.25, 0.3) is 0 Å². The molecular formula is C14H23NO3S. The summed E-state index contributed by atoms with van der Waals surface area (Å²) < 4.78 is 10.9. The predicted octanol–water partition coefficient (Wildman–Crippen LogP) is 3.05. The largest absolute Gasteiger partial charge is 0.465 e. The number of furan rings is 1. The van der Waals surface area contributed by atoms with Gasteiger partial charge in [0.05, 0.1) is 11.0 Å². The first-order chi connectivity index (χ1) is 8.69. The molecule has 0 radical (unpaired) electrons. The molecular weight excluding hydrogens is 262 g/mol. The number of ether oxygens (including phenoxy) is 1. The second-order valence-corrected chi connectivity index (χ2v) is 6.76. The van der Waals surface area contributed by atoms with Crippen molar-refractivity contribution in [3.8, 4) is 0 Å². The van der Waals surface area contributed by atoms with E-state index in [1.165, 1.54) is 11.8 Å². The van der Waals surface area contributed by atoms with Crippen molar-refractivity contribution in [1.29, 1.82) is 0 Å². The van der Waals surface area contributed by atoms with Gasteiger partial charge < -0.3 is 14.9 Å². The van der Waals surface area contributed by atoms with Gasteiger partial charge in [-0.1, -0.05) is 0 Å². The molecule has 0 fully saturated rings. The fourth-order valence-corrected chi connectivity index (χ4v) is 2.60. The van der Waals surface area contributed by atoms with Gasteiger partial charge in [0.1, 0.15) is 17.1 Å². The number of nitrogens with two attached hydrogens (primary N) is 1. The van der Waals surface area contributed by atoms with Crippen LogP contribution in [0.15, 0.2) is 16.5 Å². The van der Waals surface area contributed by atoms with Crippen LogP contribution in [-0.2, 0) is 9.53 Å². The third-order valence-corrected chi connectivity index (χ3v) is 3.74. The summed E-state index contributed by atoms with van der Waals surface area (Å²) in [6, 6.07) is 3.71. The zero-order chi connectivity index (χ0) is 14.6. The monoisotopic (exact) mass is 285 g/mol. The molecule has 1 aromatic heterocycles. The van der Waals surface area contributed by atoms with Crippen molar-refractivity contribution in [2.24, 2.45) is 5.73 Å². The SMILES string of the molecule is Cc1ccc(C(SCC(=O)OC(C)(C)C)C(C)N)o1. The Kier molecular flexibility index (Phi) is 5.50. The highest BCUT2D eigenvalue weighted by Crippen LogP contribution is 2.32. The van der Waals surface area contributed by atoms with Gasteiger partial charge in [-0.25, -0.2) is 0 Å². The Morgan fingerprint density at radius 1 is 1.47 bits per heavy atom. The predicted molar refractivity (Wildman–Crippen MR) is 78.1 cm³/mol. The minimum absolute atomic E-state index is 0.0405. The van der Waals surface area contributed by atoms with E-state index in [1.54, 1.807) is 0 Å². The first kappa shape index (κ1) is 16.1. The lowest BCUT2D eigenvalue weighted by Crippen LogP contribution is -2.27. The number of aryl methyl sites for hydroxylation is 1. The topological polar surface area (TPSA) is 65.5 Å². The lowest BCUT2D eigenvalue weighted by atomic mass is 10.2. The summed E-state index contributed by atoms with van der Waals surface area (Å²) in [6.07, 6.45) is 0. The van der Waals surface area contributed by atoms with E-state index in [9.17, 15) is 4.79 Å². The molecule has 5 heteroatoms. The van der Waals surface area contributed by atoms with Gasteiger partial charge in [0.2, 0.25) is 0 Å². The number of thioether (sulfide) groups is 1. The van der Waals surface area contributed by atoms with Gasteiger partial charge in [0.15, 0.2) is 0 Å². The van der Waals surface area contributed by atoms with Gasteiger partial charge in [-0.05, 0) is 46.8 Å². The average Bonchev–Trinajstić information content (AvgIpc) is 2.61. The van der Waals surface area contributed by atoms with Gasteiger partial charge >= 0.3 is 5.97 Å². The maximum absolute atomic E-state index is 11.7. The summed E-state index contributed by atoms with van der Waals surface area (Å²) in [4.78, 5) is 11.7. The van der Waals surface area contributed by atoms with Crippen LogP contribution in [0.1, 0.15) is 44.5 Å². The third kappa shape index (κ3) is 5.70. The highest BCUT2D eigenvalue weighted by molar-refractivity contribution is 8.00. The van der Waals surface area contributed by atoms with E-state index < -0.39 is 5.60 Å². The minimum atomic E-state index is -0.456. The fourth-order valence-electron chi connectivity index (χ4n) is 1.63. The normalized spacial score (nSPS) is 15.1. The molecule has 1 heterocycles. The van der Waals surface area contributed by atoms with Crippen LogP contribution in [0.2, 0.25) is 0 Å². The summed E-state index contributed by atoms with van der Waals surface area (Å²) in [5.41, 5.74) is 5.50. The Labute approximate surface area is 119 Å². The Morgan fingerprint density at radius 2 is 2.11 bits per heavy atom. The lowest BCUT2D eigenvalue weighted by Gasteiger charge is -2.21. The van der Waals surface area contributed by atoms with E-state index in [1.807, 2.05) is 46.8 Å². The zero-order valence-electron chi connectivity index (χ0n) is 12.2. The smallest absolute Gasteiger partial charge is 0.316 e. The van der Waals surface area contributed by atoms with E-state index >= 15 is 0 Å². The third-order valence-electron chi connectivity index (χ3n) is 2.32. The zero-order valence-corrected chi connectivity index (χ0v) is 13.0. The molecule has 0 aliphatic heterocycles. The molecule has 2 N–H and O–H groups in total. The van der Waals surface area contributed by atoms with Crippen LogP contribution in [-0.4, -0.2) is 23.4 Å². The quantitative estimate of drug-likeness (QED) is 0.842. The first-order valence-electron chi connectivity index (χ1n) is 6.34. The average molecular weight is 285 g/mol. The second kappa shape index (κ2) is 6.48. The Balaban J connectivity index is 2.59. The van der Waals surface area contributed by atoms with Crippen molar-refractivity contribution in [3.05, 3.63) is 23.7 Å². The molecule has 2 atom stereocenters. The Bertz CT molecular complexity index is 421. The minimum Gasteiger partial charge on any atom is -0.465 e. The summed E-state index contributed by atoms with van der Waals surface area (Å²) in [7, 11) is 0. The van der Waals surface area contributed by atoms with Gasteiger partial charge in [0.25, 0.3) is 0 Å². The van der Waals surface area contributed by atoms with Gasteiger partial charge in [-0.15, -0.1) is 11.8 Å². The standard InChI is InChI=1S/C14H23NO3S/c1-9-6-7-11(17-9)13(10(2)15)19-8-12(16)18-14(3,4)5/h6-7,10,13H,8,15H2,1-5H3. The molecule has 4 nitrogen and oxygen atoms in total. The van der Waals surface area contributed by atoms with E-state index in [-0.39, 0.29) is 23.0 Å². The molecule has 108 valence electrons. The number of carbonyl (C=O) groups is 1. The van der Waals surface area contributed by atoms with Crippen LogP contribution in [0.5, 0.6) is 0 Å². The number of esters is 1. The van der Waals surface area contributed by atoms with Crippen molar-refractivity contribution < 1.29 is 13.9 Å². The molecule has 0 amide bonds. The summed E-state index contributed by atoms with van der Waals surface area (Å²) in [5.74, 6) is 1.69. The molecule has 0 aliphatic carbocycles. The summed E-state index contributed by atoms with van der Waals surface area (Å²) >= 11 is 1.45. The highest BCUT2D eigenvalue weighted by atomic mass is 32.2. The van der Waals surface area contributed by atoms with E-state index in [0.717, 1.165) is 11.5 Å². The lowest BCUT2D eigenvalue weighted by molar-refractivity contribution is -0.151. The van der Waals surface area contributed by atoms with E-state index in [4.69, 9.17) is 14.9 Å². The molecule has 19 heavy (non-hydrogen) atoms. The molecule has 0 spiro atoms. The number of hydrogen-bond acceptors (Lipinski definition) is 5. The van der Waals surface area contributed by atoms with Crippen molar-refractivity contribution in [2.75, 3.05) is 5.75 Å².